The predicted octanol–water partition coefficient (Wildman–Crippen LogP) is 3.95. The lowest BCUT2D eigenvalue weighted by atomic mass is 10.1. The molecule has 2 N–H and O–H groups in total. The van der Waals surface area contributed by atoms with Crippen LogP contribution in [-0.4, -0.2) is 6.10 Å². The van der Waals surface area contributed by atoms with Gasteiger partial charge in [0.1, 0.15) is 11.6 Å². The van der Waals surface area contributed by atoms with Crippen LogP contribution in [0.5, 0.6) is 5.75 Å². The summed E-state index contributed by atoms with van der Waals surface area (Å²) in [4.78, 5) is 0. The lowest BCUT2D eigenvalue weighted by molar-refractivity contribution is 0.181. The molecule has 2 rings (SSSR count). The topological polar surface area (TPSA) is 35.2 Å². The minimum absolute atomic E-state index is 0.207. The molecule has 1 aromatic rings. The van der Waals surface area contributed by atoms with Crippen LogP contribution in [0.1, 0.15) is 57.1 Å². The van der Waals surface area contributed by atoms with Gasteiger partial charge in [0.05, 0.1) is 6.10 Å². The molecule has 0 amide bonds. The maximum absolute atomic E-state index is 13.2. The molecule has 0 saturated heterocycles. The molecule has 3 heteroatoms. The molecule has 1 fully saturated rings. The summed E-state index contributed by atoms with van der Waals surface area (Å²) in [5.41, 5.74) is 6.64. The van der Waals surface area contributed by atoms with E-state index in [1.807, 2.05) is 6.92 Å². The second kappa shape index (κ2) is 6.19. The van der Waals surface area contributed by atoms with Gasteiger partial charge in [0.25, 0.3) is 0 Å². The van der Waals surface area contributed by atoms with E-state index in [0.717, 1.165) is 24.2 Å². The molecule has 1 saturated carbocycles. The Morgan fingerprint density at radius 3 is 2.50 bits per heavy atom. The van der Waals surface area contributed by atoms with Gasteiger partial charge in [-0.1, -0.05) is 12.8 Å². The summed E-state index contributed by atoms with van der Waals surface area (Å²) >= 11 is 0. The summed E-state index contributed by atoms with van der Waals surface area (Å²) in [5.74, 6) is 0.494. The zero-order valence-corrected chi connectivity index (χ0v) is 11.0. The molecular weight excluding hydrogens is 229 g/mol. The first-order valence-electron chi connectivity index (χ1n) is 6.88. The van der Waals surface area contributed by atoms with E-state index < -0.39 is 0 Å². The third kappa shape index (κ3) is 3.45. The van der Waals surface area contributed by atoms with E-state index in [1.54, 1.807) is 6.07 Å². The summed E-state index contributed by atoms with van der Waals surface area (Å²) in [6.45, 7) is 1.86. The van der Waals surface area contributed by atoms with Crippen LogP contribution in [0.3, 0.4) is 0 Å². The number of ether oxygens (including phenoxy) is 1. The minimum Gasteiger partial charge on any atom is -0.490 e. The molecule has 0 bridgehead atoms. The standard InChI is InChI=1S/C15H22FNO/c1-11(17)14-10-12(16)8-9-15(14)18-13-6-4-2-3-5-7-13/h8-11,13H,2-7,17H2,1H3/t11-/m1/s1. The van der Waals surface area contributed by atoms with Crippen molar-refractivity contribution in [2.45, 2.75) is 57.6 Å². The van der Waals surface area contributed by atoms with E-state index in [2.05, 4.69) is 0 Å². The van der Waals surface area contributed by atoms with E-state index in [1.165, 1.54) is 37.8 Å². The molecular formula is C15H22FNO. The Balaban J connectivity index is 2.12. The monoisotopic (exact) mass is 251 g/mol. The number of nitrogens with two attached hydrogens (primary N) is 1. The second-order valence-electron chi connectivity index (χ2n) is 5.20. The number of halogens is 1. The SMILES string of the molecule is C[C@@H](N)c1cc(F)ccc1OC1CCCCCC1. The third-order valence-corrected chi connectivity index (χ3v) is 3.56. The Labute approximate surface area is 108 Å². The Bertz CT molecular complexity index is 384. The van der Waals surface area contributed by atoms with Crippen LogP contribution in [0, 0.1) is 5.82 Å². The Kier molecular flexibility index (Phi) is 4.59. The average molecular weight is 251 g/mol. The van der Waals surface area contributed by atoms with Crippen molar-refractivity contribution in [1.29, 1.82) is 0 Å². The van der Waals surface area contributed by atoms with Gasteiger partial charge < -0.3 is 10.5 Å². The summed E-state index contributed by atoms with van der Waals surface area (Å²) < 4.78 is 19.3. The first-order chi connectivity index (χ1) is 8.66. The van der Waals surface area contributed by atoms with Crippen LogP contribution >= 0.6 is 0 Å². The highest BCUT2D eigenvalue weighted by Crippen LogP contribution is 2.29. The molecule has 100 valence electrons. The summed E-state index contributed by atoms with van der Waals surface area (Å²) in [5, 5.41) is 0. The van der Waals surface area contributed by atoms with Gasteiger partial charge in [0.2, 0.25) is 0 Å². The zero-order chi connectivity index (χ0) is 13.0. The van der Waals surface area contributed by atoms with Gasteiger partial charge in [-0.15, -0.1) is 0 Å². The van der Waals surface area contributed by atoms with Crippen LogP contribution in [0.4, 0.5) is 4.39 Å². The number of rotatable bonds is 3. The molecule has 1 aromatic carbocycles. The molecule has 18 heavy (non-hydrogen) atoms. The number of benzene rings is 1. The van der Waals surface area contributed by atoms with E-state index in [4.69, 9.17) is 10.5 Å². The molecule has 0 radical (unpaired) electrons. The first kappa shape index (κ1) is 13.3. The molecule has 1 atom stereocenters. The average Bonchev–Trinajstić information content (AvgIpc) is 2.60. The number of hydrogen-bond donors (Lipinski definition) is 1. The highest BCUT2D eigenvalue weighted by Gasteiger charge is 2.17. The van der Waals surface area contributed by atoms with Gasteiger partial charge in [-0.2, -0.15) is 0 Å². The normalized spacial score (nSPS) is 19.3. The first-order valence-corrected chi connectivity index (χ1v) is 6.88. The molecule has 0 heterocycles. The van der Waals surface area contributed by atoms with Crippen molar-refractivity contribution >= 4 is 0 Å². The summed E-state index contributed by atoms with van der Waals surface area (Å²) in [7, 11) is 0. The fraction of sp³-hybridized carbons (Fsp3) is 0.600. The van der Waals surface area contributed by atoms with Crippen molar-refractivity contribution < 1.29 is 9.13 Å². The van der Waals surface area contributed by atoms with E-state index in [-0.39, 0.29) is 18.0 Å². The van der Waals surface area contributed by atoms with Crippen LogP contribution in [-0.2, 0) is 0 Å². The van der Waals surface area contributed by atoms with E-state index >= 15 is 0 Å². The van der Waals surface area contributed by atoms with Gasteiger partial charge in [-0.05, 0) is 50.8 Å². The van der Waals surface area contributed by atoms with Gasteiger partial charge in [-0.25, -0.2) is 4.39 Å². The van der Waals surface area contributed by atoms with Gasteiger partial charge in [0, 0.05) is 11.6 Å². The molecule has 2 nitrogen and oxygen atoms in total. The largest absolute Gasteiger partial charge is 0.490 e. The molecule has 0 unspecified atom stereocenters. The van der Waals surface area contributed by atoms with Crippen molar-refractivity contribution in [1.82, 2.24) is 0 Å². The van der Waals surface area contributed by atoms with Crippen molar-refractivity contribution in [2.24, 2.45) is 5.73 Å². The fourth-order valence-electron chi connectivity index (χ4n) is 2.52. The van der Waals surface area contributed by atoms with Crippen molar-refractivity contribution in [3.63, 3.8) is 0 Å². The fourth-order valence-corrected chi connectivity index (χ4v) is 2.52. The van der Waals surface area contributed by atoms with Gasteiger partial charge in [-0.3, -0.25) is 0 Å². The molecule has 1 aliphatic carbocycles. The van der Waals surface area contributed by atoms with Gasteiger partial charge >= 0.3 is 0 Å². The van der Waals surface area contributed by atoms with Crippen LogP contribution in [0.15, 0.2) is 18.2 Å². The molecule has 0 aromatic heterocycles. The second-order valence-corrected chi connectivity index (χ2v) is 5.20. The highest BCUT2D eigenvalue weighted by atomic mass is 19.1. The van der Waals surface area contributed by atoms with Crippen LogP contribution in [0.25, 0.3) is 0 Å². The summed E-state index contributed by atoms with van der Waals surface area (Å²) in [6, 6.07) is 4.43. The molecule has 0 spiro atoms. The van der Waals surface area contributed by atoms with Crippen molar-refractivity contribution in [3.05, 3.63) is 29.6 Å². The lowest BCUT2D eigenvalue weighted by Crippen LogP contribution is -2.17. The number of hydrogen-bond acceptors (Lipinski definition) is 2. The Hall–Kier alpha value is -1.09. The zero-order valence-electron chi connectivity index (χ0n) is 11.0. The maximum atomic E-state index is 13.2. The third-order valence-electron chi connectivity index (χ3n) is 3.56. The molecule has 1 aliphatic rings. The van der Waals surface area contributed by atoms with Crippen molar-refractivity contribution in [2.75, 3.05) is 0 Å². The quantitative estimate of drug-likeness (QED) is 0.826. The predicted molar refractivity (Wildman–Crippen MR) is 71.1 cm³/mol. The Morgan fingerprint density at radius 1 is 1.22 bits per heavy atom. The lowest BCUT2D eigenvalue weighted by Gasteiger charge is -2.20. The van der Waals surface area contributed by atoms with Crippen LogP contribution in [0.2, 0.25) is 0 Å². The maximum Gasteiger partial charge on any atom is 0.124 e. The van der Waals surface area contributed by atoms with Crippen molar-refractivity contribution in [3.8, 4) is 5.75 Å². The Morgan fingerprint density at radius 2 is 1.89 bits per heavy atom. The smallest absolute Gasteiger partial charge is 0.124 e. The van der Waals surface area contributed by atoms with E-state index in [0.29, 0.717) is 0 Å². The van der Waals surface area contributed by atoms with Gasteiger partial charge in [0.15, 0.2) is 0 Å². The van der Waals surface area contributed by atoms with Crippen LogP contribution < -0.4 is 10.5 Å². The van der Waals surface area contributed by atoms with E-state index in [9.17, 15) is 4.39 Å². The summed E-state index contributed by atoms with van der Waals surface area (Å²) in [6.07, 6.45) is 7.48. The molecule has 0 aliphatic heterocycles. The minimum atomic E-state index is -0.254. The highest BCUT2D eigenvalue weighted by molar-refractivity contribution is 5.36.